The van der Waals surface area contributed by atoms with Gasteiger partial charge < -0.3 is 10.6 Å². The Balaban J connectivity index is 1.73. The molecule has 2 N–H and O–H groups in total. The van der Waals surface area contributed by atoms with Crippen molar-refractivity contribution in [3.63, 3.8) is 0 Å². The van der Waals surface area contributed by atoms with Gasteiger partial charge in [-0.2, -0.15) is 0 Å². The van der Waals surface area contributed by atoms with E-state index in [9.17, 15) is 9.18 Å². The summed E-state index contributed by atoms with van der Waals surface area (Å²) in [5, 5.41) is 6.06. The highest BCUT2D eigenvalue weighted by Crippen LogP contribution is 2.18. The number of benzene rings is 3. The molecule has 0 aliphatic rings. The maximum atomic E-state index is 13.0. The molecule has 1 amide bonds. The molecule has 0 aliphatic heterocycles. The van der Waals surface area contributed by atoms with Gasteiger partial charge in [0, 0.05) is 17.9 Å². The average Bonchev–Trinajstić information content (AvgIpc) is 2.63. The fourth-order valence-electron chi connectivity index (χ4n) is 2.36. The summed E-state index contributed by atoms with van der Waals surface area (Å²) in [6, 6.07) is 23.0. The topological polar surface area (TPSA) is 41.1 Å². The van der Waals surface area contributed by atoms with E-state index >= 15 is 0 Å². The molecule has 3 nitrogen and oxygen atoms in total. The molecule has 0 heterocycles. The Bertz CT molecular complexity index is 817. The largest absolute Gasteiger partial charge is 0.380 e. The minimum absolute atomic E-state index is 0.238. The van der Waals surface area contributed by atoms with E-state index in [0.29, 0.717) is 17.8 Å². The highest BCUT2D eigenvalue weighted by molar-refractivity contribution is 6.08. The first-order valence-corrected chi connectivity index (χ1v) is 7.66. The lowest BCUT2D eigenvalue weighted by Crippen LogP contribution is -2.14. The zero-order valence-electron chi connectivity index (χ0n) is 13.0. The van der Waals surface area contributed by atoms with Crippen molar-refractivity contribution in [1.29, 1.82) is 0 Å². The van der Waals surface area contributed by atoms with E-state index in [0.717, 1.165) is 11.3 Å². The van der Waals surface area contributed by atoms with Crippen LogP contribution in [0, 0.1) is 5.82 Å². The number of carbonyl (C=O) groups excluding carboxylic acids is 1. The third-order valence-electron chi connectivity index (χ3n) is 3.60. The summed E-state index contributed by atoms with van der Waals surface area (Å²) in [5.41, 5.74) is 2.98. The van der Waals surface area contributed by atoms with E-state index in [1.807, 2.05) is 48.5 Å². The van der Waals surface area contributed by atoms with E-state index in [1.54, 1.807) is 6.07 Å². The molecule has 4 heteroatoms. The van der Waals surface area contributed by atoms with Crippen LogP contribution in [0.1, 0.15) is 15.9 Å². The maximum absolute atomic E-state index is 13.0. The lowest BCUT2D eigenvalue weighted by atomic mass is 10.1. The summed E-state index contributed by atoms with van der Waals surface area (Å²) in [6.07, 6.45) is 0. The number of hydrogen-bond donors (Lipinski definition) is 2. The van der Waals surface area contributed by atoms with Crippen molar-refractivity contribution in [2.24, 2.45) is 0 Å². The van der Waals surface area contributed by atoms with Crippen LogP contribution in [0.3, 0.4) is 0 Å². The van der Waals surface area contributed by atoms with Gasteiger partial charge in [-0.25, -0.2) is 4.39 Å². The monoisotopic (exact) mass is 320 g/mol. The van der Waals surface area contributed by atoms with E-state index in [4.69, 9.17) is 0 Å². The molecule has 3 aromatic carbocycles. The molecule has 24 heavy (non-hydrogen) atoms. The molecule has 0 unspecified atom stereocenters. The Morgan fingerprint density at radius 2 is 1.50 bits per heavy atom. The van der Waals surface area contributed by atoms with Crippen LogP contribution in [-0.4, -0.2) is 5.91 Å². The molecule has 3 rings (SSSR count). The normalized spacial score (nSPS) is 10.2. The van der Waals surface area contributed by atoms with Crippen LogP contribution >= 0.6 is 0 Å². The van der Waals surface area contributed by atoms with Crippen molar-refractivity contribution < 1.29 is 9.18 Å². The number of amides is 1. The Kier molecular flexibility index (Phi) is 4.87. The number of halogens is 1. The smallest absolute Gasteiger partial charge is 0.257 e. The van der Waals surface area contributed by atoms with Gasteiger partial charge in [0.1, 0.15) is 5.82 Å². The molecule has 0 fully saturated rings. The molecule has 0 spiro atoms. The summed E-state index contributed by atoms with van der Waals surface area (Å²) in [6.45, 7) is 0.627. The number of nitrogens with one attached hydrogen (secondary N) is 2. The molecule has 0 saturated heterocycles. The van der Waals surface area contributed by atoms with Crippen LogP contribution in [-0.2, 0) is 6.54 Å². The van der Waals surface area contributed by atoms with Crippen molar-refractivity contribution in [1.82, 2.24) is 0 Å². The minimum atomic E-state index is -0.335. The van der Waals surface area contributed by atoms with Gasteiger partial charge in [0.25, 0.3) is 5.91 Å². The fourth-order valence-corrected chi connectivity index (χ4v) is 2.36. The zero-order chi connectivity index (χ0) is 16.8. The van der Waals surface area contributed by atoms with E-state index in [1.165, 1.54) is 24.3 Å². The predicted molar refractivity (Wildman–Crippen MR) is 94.6 cm³/mol. The van der Waals surface area contributed by atoms with Gasteiger partial charge >= 0.3 is 0 Å². The molecule has 0 bridgehead atoms. The summed E-state index contributed by atoms with van der Waals surface area (Å²) < 4.78 is 13.0. The molecule has 120 valence electrons. The highest BCUT2D eigenvalue weighted by atomic mass is 19.1. The number of anilines is 2. The summed E-state index contributed by atoms with van der Waals surface area (Å²) in [5.74, 6) is -0.573. The van der Waals surface area contributed by atoms with Crippen LogP contribution in [0.25, 0.3) is 0 Å². The van der Waals surface area contributed by atoms with Gasteiger partial charge in [0.15, 0.2) is 0 Å². The second-order valence-corrected chi connectivity index (χ2v) is 5.35. The van der Waals surface area contributed by atoms with Gasteiger partial charge in [-0.3, -0.25) is 4.79 Å². The van der Waals surface area contributed by atoms with Gasteiger partial charge in [0.2, 0.25) is 0 Å². The van der Waals surface area contributed by atoms with Crippen molar-refractivity contribution in [3.05, 3.63) is 95.8 Å². The fraction of sp³-hybridized carbons (Fsp3) is 0.0500. The lowest BCUT2D eigenvalue weighted by Gasteiger charge is -2.12. The number of rotatable bonds is 5. The molecule has 0 aliphatic carbocycles. The molecule has 0 atom stereocenters. The molecule has 0 radical (unpaired) electrons. The van der Waals surface area contributed by atoms with E-state index in [-0.39, 0.29) is 11.7 Å². The standard InChI is InChI=1S/C20H17FN2O/c21-16-10-12-17(13-11-16)23-20(24)18-8-4-5-9-19(18)22-14-15-6-2-1-3-7-15/h1-13,22H,14H2,(H,23,24). The Labute approximate surface area is 140 Å². The van der Waals surface area contributed by atoms with Crippen LogP contribution in [0.2, 0.25) is 0 Å². The number of hydrogen-bond acceptors (Lipinski definition) is 2. The molecular weight excluding hydrogens is 303 g/mol. The first-order valence-electron chi connectivity index (χ1n) is 7.66. The predicted octanol–water partition coefficient (Wildman–Crippen LogP) is 4.69. The average molecular weight is 320 g/mol. The summed E-state index contributed by atoms with van der Waals surface area (Å²) >= 11 is 0. The highest BCUT2D eigenvalue weighted by Gasteiger charge is 2.11. The minimum Gasteiger partial charge on any atom is -0.380 e. The van der Waals surface area contributed by atoms with Crippen LogP contribution in [0.15, 0.2) is 78.9 Å². The first-order chi connectivity index (χ1) is 11.7. The summed E-state index contributed by atoms with van der Waals surface area (Å²) in [4.78, 5) is 12.5. The lowest BCUT2D eigenvalue weighted by molar-refractivity contribution is 0.102. The van der Waals surface area contributed by atoms with Gasteiger partial charge in [-0.1, -0.05) is 42.5 Å². The quantitative estimate of drug-likeness (QED) is 0.716. The van der Waals surface area contributed by atoms with Crippen LogP contribution in [0.5, 0.6) is 0 Å². The van der Waals surface area contributed by atoms with Crippen LogP contribution < -0.4 is 10.6 Å². The number of para-hydroxylation sites is 1. The Morgan fingerprint density at radius 3 is 2.25 bits per heavy atom. The van der Waals surface area contributed by atoms with Gasteiger partial charge in [0.05, 0.1) is 5.56 Å². The van der Waals surface area contributed by atoms with Crippen LogP contribution in [0.4, 0.5) is 15.8 Å². The van der Waals surface area contributed by atoms with Crippen molar-refractivity contribution in [2.45, 2.75) is 6.54 Å². The van der Waals surface area contributed by atoms with Crippen molar-refractivity contribution in [2.75, 3.05) is 10.6 Å². The summed E-state index contributed by atoms with van der Waals surface area (Å²) in [7, 11) is 0. The third kappa shape index (κ3) is 3.98. The SMILES string of the molecule is O=C(Nc1ccc(F)cc1)c1ccccc1NCc1ccccc1. The van der Waals surface area contributed by atoms with E-state index < -0.39 is 0 Å². The maximum Gasteiger partial charge on any atom is 0.257 e. The third-order valence-corrected chi connectivity index (χ3v) is 3.60. The second-order valence-electron chi connectivity index (χ2n) is 5.35. The molecular formula is C20H17FN2O. The van der Waals surface area contributed by atoms with E-state index in [2.05, 4.69) is 10.6 Å². The first kappa shape index (κ1) is 15.7. The Hall–Kier alpha value is -3.14. The Morgan fingerprint density at radius 1 is 0.833 bits per heavy atom. The van der Waals surface area contributed by atoms with Gasteiger partial charge in [-0.05, 0) is 42.0 Å². The second kappa shape index (κ2) is 7.42. The zero-order valence-corrected chi connectivity index (χ0v) is 13.0. The number of carbonyl (C=O) groups is 1. The molecule has 3 aromatic rings. The van der Waals surface area contributed by atoms with Crippen molar-refractivity contribution >= 4 is 17.3 Å². The van der Waals surface area contributed by atoms with Crippen molar-refractivity contribution in [3.8, 4) is 0 Å². The molecule has 0 aromatic heterocycles. The van der Waals surface area contributed by atoms with Gasteiger partial charge in [-0.15, -0.1) is 0 Å². The molecule has 0 saturated carbocycles.